The summed E-state index contributed by atoms with van der Waals surface area (Å²) in [5, 5.41) is 3.30. The van der Waals surface area contributed by atoms with E-state index in [1.54, 1.807) is 0 Å². The molecule has 1 aromatic carbocycles. The fourth-order valence-corrected chi connectivity index (χ4v) is 2.32. The first kappa shape index (κ1) is 11.8. The largest absolute Gasteiger partial charge is 0.486 e. The van der Waals surface area contributed by atoms with Crippen molar-refractivity contribution in [2.24, 2.45) is 0 Å². The first-order valence-electron chi connectivity index (χ1n) is 6.62. The van der Waals surface area contributed by atoms with Crippen molar-refractivity contribution >= 4 is 0 Å². The molecular weight excluding hydrogens is 228 g/mol. The Bertz CT molecular complexity index is 418. The van der Waals surface area contributed by atoms with Gasteiger partial charge in [0, 0.05) is 25.7 Å². The van der Waals surface area contributed by atoms with Crippen LogP contribution in [0.3, 0.4) is 0 Å². The first-order valence-corrected chi connectivity index (χ1v) is 6.62. The van der Waals surface area contributed by atoms with Crippen molar-refractivity contribution in [3.63, 3.8) is 0 Å². The number of hydrogen-bond donors (Lipinski definition) is 1. The number of nitrogens with one attached hydrogen (secondary N) is 1. The van der Waals surface area contributed by atoms with E-state index in [1.807, 2.05) is 6.07 Å². The molecule has 0 saturated carbocycles. The van der Waals surface area contributed by atoms with Gasteiger partial charge in [0.2, 0.25) is 0 Å². The van der Waals surface area contributed by atoms with E-state index >= 15 is 0 Å². The number of rotatable bonds is 4. The molecule has 0 bridgehead atoms. The van der Waals surface area contributed by atoms with Gasteiger partial charge in [0.1, 0.15) is 13.2 Å². The zero-order chi connectivity index (χ0) is 12.4. The Morgan fingerprint density at radius 1 is 1.22 bits per heavy atom. The Labute approximate surface area is 108 Å². The maximum atomic E-state index is 5.60. The molecule has 0 aliphatic carbocycles. The fourth-order valence-electron chi connectivity index (χ4n) is 2.32. The normalized spacial score (nSPS) is 18.8. The third kappa shape index (κ3) is 2.44. The molecule has 0 aromatic heterocycles. The lowest BCUT2D eigenvalue weighted by Gasteiger charge is -2.35. The summed E-state index contributed by atoms with van der Waals surface area (Å²) >= 11 is 0. The molecule has 0 radical (unpaired) electrons. The Balaban J connectivity index is 1.58. The third-order valence-corrected chi connectivity index (χ3v) is 3.74. The van der Waals surface area contributed by atoms with Gasteiger partial charge in [-0.05, 0) is 31.2 Å². The van der Waals surface area contributed by atoms with Crippen LogP contribution in [0.1, 0.15) is 5.56 Å². The van der Waals surface area contributed by atoms with Gasteiger partial charge in [-0.25, -0.2) is 0 Å². The van der Waals surface area contributed by atoms with Gasteiger partial charge in [-0.3, -0.25) is 0 Å². The fraction of sp³-hybridized carbons (Fsp3) is 0.571. The van der Waals surface area contributed by atoms with Gasteiger partial charge in [-0.2, -0.15) is 0 Å². The van der Waals surface area contributed by atoms with E-state index in [2.05, 4.69) is 29.4 Å². The summed E-state index contributed by atoms with van der Waals surface area (Å²) in [6, 6.07) is 6.98. The molecule has 3 rings (SSSR count). The van der Waals surface area contributed by atoms with Gasteiger partial charge < -0.3 is 19.7 Å². The molecular formula is C14H20N2O2. The molecule has 2 aliphatic heterocycles. The van der Waals surface area contributed by atoms with E-state index < -0.39 is 0 Å². The van der Waals surface area contributed by atoms with E-state index in [9.17, 15) is 0 Å². The molecule has 0 spiro atoms. The van der Waals surface area contributed by atoms with Crippen molar-refractivity contribution in [2.75, 3.05) is 39.9 Å². The lowest BCUT2D eigenvalue weighted by Crippen LogP contribution is -2.56. The van der Waals surface area contributed by atoms with E-state index in [0.29, 0.717) is 19.3 Å². The highest BCUT2D eigenvalue weighted by Crippen LogP contribution is 2.30. The van der Waals surface area contributed by atoms with Crippen molar-refractivity contribution in [2.45, 2.75) is 12.5 Å². The summed E-state index contributed by atoms with van der Waals surface area (Å²) in [5.74, 6) is 1.77. The number of fused-ring (bicyclic) bond motifs is 1. The van der Waals surface area contributed by atoms with Gasteiger partial charge in [-0.15, -0.1) is 0 Å². The van der Waals surface area contributed by atoms with E-state index in [-0.39, 0.29) is 0 Å². The van der Waals surface area contributed by atoms with Crippen LogP contribution in [-0.4, -0.2) is 50.8 Å². The summed E-state index contributed by atoms with van der Waals surface area (Å²) in [6.07, 6.45) is 1.06. The Morgan fingerprint density at radius 2 is 2.00 bits per heavy atom. The average Bonchev–Trinajstić information content (AvgIpc) is 2.34. The van der Waals surface area contributed by atoms with E-state index in [4.69, 9.17) is 9.47 Å². The van der Waals surface area contributed by atoms with Gasteiger partial charge in [0.15, 0.2) is 11.5 Å². The lowest BCUT2D eigenvalue weighted by atomic mass is 10.1. The molecule has 1 aromatic rings. The van der Waals surface area contributed by atoms with Crippen molar-refractivity contribution in [3.8, 4) is 11.5 Å². The van der Waals surface area contributed by atoms with Crippen LogP contribution < -0.4 is 14.8 Å². The summed E-state index contributed by atoms with van der Waals surface area (Å²) in [5.41, 5.74) is 1.32. The second-order valence-corrected chi connectivity index (χ2v) is 5.02. The lowest BCUT2D eigenvalue weighted by molar-refractivity contribution is 0.170. The molecule has 18 heavy (non-hydrogen) atoms. The van der Waals surface area contributed by atoms with Crippen LogP contribution in [0, 0.1) is 0 Å². The van der Waals surface area contributed by atoms with Crippen molar-refractivity contribution in [1.29, 1.82) is 0 Å². The molecule has 0 atom stereocenters. The van der Waals surface area contributed by atoms with Crippen LogP contribution in [0.4, 0.5) is 0 Å². The predicted octanol–water partition coefficient (Wildman–Crippen LogP) is 0.904. The maximum absolute atomic E-state index is 5.60. The van der Waals surface area contributed by atoms with E-state index in [1.165, 1.54) is 5.56 Å². The molecule has 4 nitrogen and oxygen atoms in total. The van der Waals surface area contributed by atoms with Gasteiger partial charge in [0.05, 0.1) is 0 Å². The van der Waals surface area contributed by atoms with Crippen LogP contribution in [0.15, 0.2) is 18.2 Å². The summed E-state index contributed by atoms with van der Waals surface area (Å²) in [7, 11) is 2.20. The minimum Gasteiger partial charge on any atom is -0.486 e. The van der Waals surface area contributed by atoms with Gasteiger partial charge in [-0.1, -0.05) is 6.07 Å². The predicted molar refractivity (Wildman–Crippen MR) is 70.4 cm³/mol. The van der Waals surface area contributed by atoms with Crippen LogP contribution in [0.25, 0.3) is 0 Å². The highest BCUT2D eigenvalue weighted by Gasteiger charge is 2.21. The molecule has 4 heteroatoms. The van der Waals surface area contributed by atoms with Gasteiger partial charge >= 0.3 is 0 Å². The third-order valence-electron chi connectivity index (χ3n) is 3.74. The minimum atomic E-state index is 0.657. The Kier molecular flexibility index (Phi) is 3.39. The molecule has 1 N–H and O–H groups in total. The second-order valence-electron chi connectivity index (χ2n) is 5.02. The van der Waals surface area contributed by atoms with Crippen molar-refractivity contribution in [1.82, 2.24) is 10.2 Å². The molecule has 0 unspecified atom stereocenters. The Morgan fingerprint density at radius 3 is 2.72 bits per heavy atom. The minimum absolute atomic E-state index is 0.657. The number of likely N-dealkylation sites (N-methyl/N-ethyl adjacent to an activating group) is 1. The van der Waals surface area contributed by atoms with Crippen molar-refractivity contribution < 1.29 is 9.47 Å². The van der Waals surface area contributed by atoms with Crippen LogP contribution >= 0.6 is 0 Å². The van der Waals surface area contributed by atoms with Crippen molar-refractivity contribution in [3.05, 3.63) is 23.8 Å². The molecule has 0 amide bonds. The van der Waals surface area contributed by atoms with Crippen LogP contribution in [0.2, 0.25) is 0 Å². The monoisotopic (exact) mass is 248 g/mol. The Hall–Kier alpha value is -1.26. The summed E-state index contributed by atoms with van der Waals surface area (Å²) < 4.78 is 11.1. The molecule has 1 fully saturated rings. The number of hydrogen-bond acceptors (Lipinski definition) is 4. The number of ether oxygens (including phenoxy) is 2. The molecule has 2 heterocycles. The zero-order valence-corrected chi connectivity index (χ0v) is 10.8. The van der Waals surface area contributed by atoms with E-state index in [0.717, 1.165) is 37.6 Å². The summed E-state index contributed by atoms with van der Waals surface area (Å²) in [4.78, 5) is 2.42. The highest BCUT2D eigenvalue weighted by atomic mass is 16.6. The van der Waals surface area contributed by atoms with Gasteiger partial charge in [0.25, 0.3) is 0 Å². The zero-order valence-electron chi connectivity index (χ0n) is 10.8. The highest BCUT2D eigenvalue weighted by molar-refractivity contribution is 5.43. The topological polar surface area (TPSA) is 33.7 Å². The molecule has 1 saturated heterocycles. The smallest absolute Gasteiger partial charge is 0.161 e. The standard InChI is InChI=1S/C14H20N2O2/c1-16(12-9-15-10-12)5-4-11-2-3-13-14(8-11)18-7-6-17-13/h2-3,8,12,15H,4-7,9-10H2,1H3. The quantitative estimate of drug-likeness (QED) is 0.858. The second kappa shape index (κ2) is 5.16. The summed E-state index contributed by atoms with van der Waals surface area (Å²) in [6.45, 7) is 4.65. The first-order chi connectivity index (χ1) is 8.83. The van der Waals surface area contributed by atoms with Crippen LogP contribution in [-0.2, 0) is 6.42 Å². The average molecular weight is 248 g/mol. The molecule has 2 aliphatic rings. The SMILES string of the molecule is CN(CCc1ccc2c(c1)OCCO2)C1CNC1. The van der Waals surface area contributed by atoms with Crippen LogP contribution in [0.5, 0.6) is 11.5 Å². The molecule has 98 valence electrons. The number of benzene rings is 1. The number of nitrogens with zero attached hydrogens (tertiary/aromatic N) is 1. The maximum Gasteiger partial charge on any atom is 0.161 e.